The maximum Gasteiger partial charge on any atom is 2.00 e. The van der Waals surface area contributed by atoms with Crippen LogP contribution in [-0.4, -0.2) is 17.9 Å². The third-order valence-electron chi connectivity index (χ3n) is 0.426. The zero-order valence-electron chi connectivity index (χ0n) is 4.66. The number of carbonyl (C=O) groups excluding carboxylic acids is 1. The first kappa shape index (κ1) is 15.8. The number of amides is 1. The van der Waals surface area contributed by atoms with Crippen LogP contribution in [0.1, 0.15) is 0 Å². The van der Waals surface area contributed by atoms with Crippen LogP contribution in [0.15, 0.2) is 0 Å². The molecule has 0 fully saturated rings. The van der Waals surface area contributed by atoms with Crippen molar-refractivity contribution >= 4 is 5.91 Å². The smallest absolute Gasteiger partial charge is 0.524 e. The first-order valence-electron chi connectivity index (χ1n) is 1.54. The van der Waals surface area contributed by atoms with Gasteiger partial charge in [-0.15, -0.1) is 0 Å². The third kappa shape index (κ3) is 9.72. The Balaban J connectivity index is -0.000000125. The van der Waals surface area contributed by atoms with Crippen LogP contribution in [0.2, 0.25) is 0 Å². The second-order valence-corrected chi connectivity index (χ2v) is 1.09. The minimum atomic E-state index is -0.269. The molecule has 0 atom stereocenters. The number of rotatable bonds is 0. The SMILES string of the molecule is [CH2-]C(=O)N([CH2-])C.[V+2].[V]. The Morgan fingerprint density at radius 3 is 1.75 bits per heavy atom. The van der Waals surface area contributed by atoms with Gasteiger partial charge in [-0.1, -0.05) is 0 Å². The summed E-state index contributed by atoms with van der Waals surface area (Å²) >= 11 is 0. The van der Waals surface area contributed by atoms with Gasteiger partial charge in [0.15, 0.2) is 0 Å². The number of carbonyl (C=O) groups is 1. The molecule has 2 nitrogen and oxygen atoms in total. The standard InChI is InChI=1S/C4H7NO.2V/c1-4(6)5(2)3;;/h1-2H2,3H3;;/q-2;;+2. The molecule has 4 heteroatoms. The number of nitrogens with zero attached hydrogens (tertiary/aromatic N) is 1. The molecule has 0 bridgehead atoms. The molecular formula is C4H7NOV2. The Bertz CT molecular complexity index is 65.1. The van der Waals surface area contributed by atoms with Gasteiger partial charge in [-0.3, -0.25) is 7.05 Å². The summed E-state index contributed by atoms with van der Waals surface area (Å²) in [6, 6.07) is 0. The summed E-state index contributed by atoms with van der Waals surface area (Å²) in [5, 5.41) is 0. The molecule has 1 amide bonds. The Kier molecular flexibility index (Phi) is 14.8. The Hall–Kier alpha value is 0.509. The van der Waals surface area contributed by atoms with Crippen LogP contribution >= 0.6 is 0 Å². The zero-order chi connectivity index (χ0) is 5.15. The quantitative estimate of drug-likeness (QED) is 0.491. The summed E-state index contributed by atoms with van der Waals surface area (Å²) in [5.41, 5.74) is 0. The zero-order valence-corrected chi connectivity index (χ0v) is 7.46. The molecule has 2 radical (unpaired) electrons. The minimum Gasteiger partial charge on any atom is -0.524 e. The summed E-state index contributed by atoms with van der Waals surface area (Å²) in [7, 11) is 4.81. The van der Waals surface area contributed by atoms with Crippen molar-refractivity contribution in [2.75, 3.05) is 7.05 Å². The normalized spacial score (nSPS) is 5.75. The van der Waals surface area contributed by atoms with Crippen molar-refractivity contribution in [1.82, 2.24) is 4.90 Å². The fourth-order valence-corrected chi connectivity index (χ4v) is 0. The van der Waals surface area contributed by atoms with Gasteiger partial charge in [0.05, 0.1) is 5.91 Å². The van der Waals surface area contributed by atoms with Crippen LogP contribution in [0.3, 0.4) is 0 Å². The Labute approximate surface area is 73.8 Å². The van der Waals surface area contributed by atoms with E-state index in [1.165, 1.54) is 4.90 Å². The topological polar surface area (TPSA) is 20.3 Å². The molecular weight excluding hydrogens is 180 g/mol. The molecule has 0 heterocycles. The van der Waals surface area contributed by atoms with Gasteiger partial charge in [0.2, 0.25) is 0 Å². The van der Waals surface area contributed by atoms with E-state index in [1.54, 1.807) is 7.05 Å². The maximum atomic E-state index is 9.90. The predicted molar refractivity (Wildman–Crippen MR) is 23.5 cm³/mol. The van der Waals surface area contributed by atoms with E-state index in [-0.39, 0.29) is 43.0 Å². The van der Waals surface area contributed by atoms with Crippen molar-refractivity contribution in [3.8, 4) is 0 Å². The summed E-state index contributed by atoms with van der Waals surface area (Å²) in [5.74, 6) is -0.269. The Morgan fingerprint density at radius 2 is 1.75 bits per heavy atom. The molecule has 44 valence electrons. The van der Waals surface area contributed by atoms with E-state index in [9.17, 15) is 4.79 Å². The van der Waals surface area contributed by atoms with Gasteiger partial charge in [0, 0.05) is 18.6 Å². The van der Waals surface area contributed by atoms with Crippen LogP contribution < -0.4 is 0 Å². The van der Waals surface area contributed by atoms with Gasteiger partial charge in [-0.25, -0.2) is 0 Å². The van der Waals surface area contributed by atoms with Gasteiger partial charge in [0.25, 0.3) is 0 Å². The number of hydrogen-bond acceptors (Lipinski definition) is 1. The van der Waals surface area contributed by atoms with E-state index < -0.39 is 0 Å². The van der Waals surface area contributed by atoms with E-state index in [4.69, 9.17) is 0 Å². The van der Waals surface area contributed by atoms with Gasteiger partial charge in [0.1, 0.15) is 0 Å². The molecule has 0 aromatic carbocycles. The molecule has 0 aliphatic rings. The first-order valence-corrected chi connectivity index (χ1v) is 1.54. The number of hydrogen-bond donors (Lipinski definition) is 0. The van der Waals surface area contributed by atoms with E-state index in [1.807, 2.05) is 0 Å². The first-order chi connectivity index (χ1) is 2.64. The molecule has 0 aliphatic heterocycles. The molecule has 0 aliphatic carbocycles. The molecule has 8 heavy (non-hydrogen) atoms. The Morgan fingerprint density at radius 1 is 1.62 bits per heavy atom. The van der Waals surface area contributed by atoms with Gasteiger partial charge in [-0.2, -0.15) is 0 Å². The summed E-state index contributed by atoms with van der Waals surface area (Å²) in [6.07, 6.45) is 0. The average molecular weight is 187 g/mol. The third-order valence-corrected chi connectivity index (χ3v) is 0.426. The molecule has 0 saturated heterocycles. The van der Waals surface area contributed by atoms with Gasteiger partial charge >= 0.3 is 18.6 Å². The van der Waals surface area contributed by atoms with Crippen LogP contribution in [0, 0.1) is 14.0 Å². The molecule has 0 saturated carbocycles. The fraction of sp³-hybridized carbons (Fsp3) is 0.250. The van der Waals surface area contributed by atoms with Crippen LogP contribution in [-0.2, 0) is 41.9 Å². The second-order valence-electron chi connectivity index (χ2n) is 1.09. The molecule has 0 rings (SSSR count). The van der Waals surface area contributed by atoms with E-state index in [0.717, 1.165) is 0 Å². The molecule has 0 aromatic rings. The van der Waals surface area contributed by atoms with Crippen LogP contribution in [0.5, 0.6) is 0 Å². The van der Waals surface area contributed by atoms with Crippen LogP contribution in [0.4, 0.5) is 0 Å². The summed E-state index contributed by atoms with van der Waals surface area (Å²) in [6.45, 7) is 3.06. The summed E-state index contributed by atoms with van der Waals surface area (Å²) < 4.78 is 0. The van der Waals surface area contributed by atoms with E-state index >= 15 is 0 Å². The van der Waals surface area contributed by atoms with Gasteiger partial charge < -0.3 is 16.6 Å². The summed E-state index contributed by atoms with van der Waals surface area (Å²) in [4.78, 5) is 11.1. The van der Waals surface area contributed by atoms with Gasteiger partial charge in [-0.05, 0) is 7.05 Å². The monoisotopic (exact) mass is 187 g/mol. The molecule has 0 spiro atoms. The van der Waals surface area contributed by atoms with Crippen LogP contribution in [0.25, 0.3) is 0 Å². The molecule has 0 N–H and O–H groups in total. The predicted octanol–water partition coefficient (Wildman–Crippen LogP) is 0.0655. The second kappa shape index (κ2) is 7.51. The van der Waals surface area contributed by atoms with Crippen molar-refractivity contribution in [3.63, 3.8) is 0 Å². The largest absolute Gasteiger partial charge is 2.00 e. The molecule has 0 unspecified atom stereocenters. The molecule has 0 aromatic heterocycles. The van der Waals surface area contributed by atoms with E-state index in [0.29, 0.717) is 0 Å². The van der Waals surface area contributed by atoms with Crippen molar-refractivity contribution in [2.24, 2.45) is 0 Å². The van der Waals surface area contributed by atoms with E-state index in [2.05, 4.69) is 14.0 Å². The van der Waals surface area contributed by atoms with Crippen molar-refractivity contribution in [1.29, 1.82) is 0 Å². The van der Waals surface area contributed by atoms with Crippen molar-refractivity contribution < 1.29 is 41.9 Å². The average Bonchev–Trinajstić information content (AvgIpc) is 1.36. The van der Waals surface area contributed by atoms with Crippen molar-refractivity contribution in [2.45, 2.75) is 0 Å². The maximum absolute atomic E-state index is 9.90. The van der Waals surface area contributed by atoms with Crippen molar-refractivity contribution in [3.05, 3.63) is 14.0 Å². The fourth-order valence-electron chi connectivity index (χ4n) is 0. The minimum absolute atomic E-state index is 0.